The minimum Gasteiger partial charge on any atom is -0.464 e. The third-order valence-corrected chi connectivity index (χ3v) is 5.72. The van der Waals surface area contributed by atoms with Gasteiger partial charge >= 0.3 is 0 Å². The molecule has 4 nitrogen and oxygen atoms in total. The molecule has 18 heavy (non-hydrogen) atoms. The van der Waals surface area contributed by atoms with Crippen molar-refractivity contribution in [1.29, 1.82) is 0 Å². The van der Waals surface area contributed by atoms with Crippen LogP contribution in [0.15, 0.2) is 16.5 Å². The number of hydrogen-bond acceptors (Lipinski definition) is 4. The molecule has 3 atom stereocenters. The van der Waals surface area contributed by atoms with Gasteiger partial charge in [0.2, 0.25) is 0 Å². The van der Waals surface area contributed by atoms with Crippen LogP contribution in [0.4, 0.5) is 0 Å². The topological polar surface area (TPSA) is 59.3 Å². The second-order valence-corrected chi connectivity index (χ2v) is 7.83. The van der Waals surface area contributed by atoms with Gasteiger partial charge in [-0.3, -0.25) is 0 Å². The van der Waals surface area contributed by atoms with E-state index in [2.05, 4.69) is 18.3 Å². The Morgan fingerprint density at radius 1 is 1.44 bits per heavy atom. The summed E-state index contributed by atoms with van der Waals surface area (Å²) in [5, 5.41) is 3.26. The highest BCUT2D eigenvalue weighted by atomic mass is 32.2. The molecule has 2 fully saturated rings. The maximum absolute atomic E-state index is 11.3. The predicted octanol–water partition coefficient (Wildman–Crippen LogP) is 1.68. The van der Waals surface area contributed by atoms with E-state index in [0.29, 0.717) is 18.2 Å². The fraction of sp³-hybridized carbons (Fsp3) is 0.692. The summed E-state index contributed by atoms with van der Waals surface area (Å²) in [6.07, 6.45) is 1.94. The van der Waals surface area contributed by atoms with Crippen molar-refractivity contribution in [3.63, 3.8) is 0 Å². The summed E-state index contributed by atoms with van der Waals surface area (Å²) in [5.41, 5.74) is 0. The largest absolute Gasteiger partial charge is 0.464 e. The van der Waals surface area contributed by atoms with Crippen LogP contribution >= 0.6 is 0 Å². The van der Waals surface area contributed by atoms with E-state index >= 15 is 0 Å². The molecule has 0 bridgehead atoms. The van der Waals surface area contributed by atoms with Gasteiger partial charge in [0.05, 0.1) is 18.1 Å². The van der Waals surface area contributed by atoms with Gasteiger partial charge in [-0.25, -0.2) is 8.42 Å². The maximum Gasteiger partial charge on any atom is 0.151 e. The average Bonchev–Trinajstić information content (AvgIpc) is 2.76. The Morgan fingerprint density at radius 3 is 2.83 bits per heavy atom. The lowest BCUT2D eigenvalue weighted by molar-refractivity contribution is 0.428. The van der Waals surface area contributed by atoms with E-state index in [-0.39, 0.29) is 11.8 Å². The van der Waals surface area contributed by atoms with Crippen molar-refractivity contribution in [3.8, 4) is 0 Å². The van der Waals surface area contributed by atoms with E-state index in [4.69, 9.17) is 4.42 Å². The Kier molecular flexibility index (Phi) is 2.98. The monoisotopic (exact) mass is 269 g/mol. The minimum atomic E-state index is -2.80. The van der Waals surface area contributed by atoms with Gasteiger partial charge in [-0.05, 0) is 30.9 Å². The second-order valence-electron chi connectivity index (χ2n) is 5.60. The van der Waals surface area contributed by atoms with Crippen LogP contribution in [0.2, 0.25) is 0 Å². The first-order valence-electron chi connectivity index (χ1n) is 6.56. The number of hydrogen-bond donors (Lipinski definition) is 1. The minimum absolute atomic E-state index is 0.0865. The highest BCUT2D eigenvalue weighted by Crippen LogP contribution is 2.47. The summed E-state index contributed by atoms with van der Waals surface area (Å²) in [6, 6.07) is 4.14. The Bertz CT molecular complexity index is 534. The molecule has 1 aromatic rings. The van der Waals surface area contributed by atoms with Crippen LogP contribution in [0.1, 0.15) is 37.2 Å². The van der Waals surface area contributed by atoms with Crippen molar-refractivity contribution in [3.05, 3.63) is 23.7 Å². The van der Waals surface area contributed by atoms with E-state index in [1.807, 2.05) is 6.07 Å². The Balaban J connectivity index is 1.53. The smallest absolute Gasteiger partial charge is 0.151 e. The van der Waals surface area contributed by atoms with Crippen LogP contribution in [-0.4, -0.2) is 26.0 Å². The van der Waals surface area contributed by atoms with Crippen molar-refractivity contribution in [2.24, 2.45) is 5.92 Å². The molecule has 5 heteroatoms. The zero-order valence-corrected chi connectivity index (χ0v) is 11.4. The van der Waals surface area contributed by atoms with Gasteiger partial charge in [0, 0.05) is 12.0 Å². The number of sulfone groups is 1. The molecule has 100 valence electrons. The van der Waals surface area contributed by atoms with Gasteiger partial charge in [-0.15, -0.1) is 0 Å². The molecule has 1 aliphatic heterocycles. The van der Waals surface area contributed by atoms with Crippen LogP contribution in [0.5, 0.6) is 0 Å². The molecule has 2 aliphatic rings. The summed E-state index contributed by atoms with van der Waals surface area (Å²) in [4.78, 5) is 0. The number of furan rings is 1. The molecule has 1 saturated heterocycles. The fourth-order valence-corrected chi connectivity index (χ4v) is 4.32. The van der Waals surface area contributed by atoms with Gasteiger partial charge in [0.1, 0.15) is 11.5 Å². The zero-order chi connectivity index (χ0) is 12.8. The van der Waals surface area contributed by atoms with Crippen LogP contribution < -0.4 is 5.32 Å². The summed E-state index contributed by atoms with van der Waals surface area (Å²) in [5.74, 6) is 3.92. The van der Waals surface area contributed by atoms with Gasteiger partial charge < -0.3 is 9.73 Å². The quantitative estimate of drug-likeness (QED) is 0.903. The highest BCUT2D eigenvalue weighted by molar-refractivity contribution is 7.91. The SMILES string of the molecule is CC1CC1c1ccc(CNC2CCS(=O)(=O)C2)o1. The van der Waals surface area contributed by atoms with Crippen LogP contribution in [0.3, 0.4) is 0 Å². The molecule has 2 heterocycles. The first-order chi connectivity index (χ1) is 8.53. The summed E-state index contributed by atoms with van der Waals surface area (Å²) < 4.78 is 28.4. The summed E-state index contributed by atoms with van der Waals surface area (Å²) in [6.45, 7) is 2.86. The van der Waals surface area contributed by atoms with Gasteiger partial charge in [0.15, 0.2) is 9.84 Å². The third-order valence-electron chi connectivity index (χ3n) is 3.95. The average molecular weight is 269 g/mol. The number of rotatable bonds is 4. The Labute approximate surface area is 108 Å². The fourth-order valence-electron chi connectivity index (χ4n) is 2.61. The molecular formula is C13H19NO3S. The van der Waals surface area contributed by atoms with Crippen molar-refractivity contribution in [2.45, 2.75) is 38.3 Å². The van der Waals surface area contributed by atoms with Gasteiger partial charge in [-0.2, -0.15) is 0 Å². The molecule has 1 saturated carbocycles. The standard InChI is InChI=1S/C13H19NO3S/c1-9-6-12(9)13-3-2-11(17-13)7-14-10-4-5-18(15,16)8-10/h2-3,9-10,12,14H,4-8H2,1H3. The van der Waals surface area contributed by atoms with E-state index in [0.717, 1.165) is 23.9 Å². The molecule has 1 aliphatic carbocycles. The van der Waals surface area contributed by atoms with Crippen molar-refractivity contribution in [2.75, 3.05) is 11.5 Å². The molecule has 1 aromatic heterocycles. The van der Waals surface area contributed by atoms with Crippen LogP contribution in [-0.2, 0) is 16.4 Å². The van der Waals surface area contributed by atoms with E-state index in [1.165, 1.54) is 6.42 Å². The molecular weight excluding hydrogens is 250 g/mol. The normalized spacial score (nSPS) is 33.7. The molecule has 0 amide bonds. The Morgan fingerprint density at radius 2 is 2.22 bits per heavy atom. The maximum atomic E-state index is 11.3. The predicted molar refractivity (Wildman–Crippen MR) is 69.1 cm³/mol. The molecule has 3 unspecified atom stereocenters. The second kappa shape index (κ2) is 4.38. The van der Waals surface area contributed by atoms with Crippen molar-refractivity contribution >= 4 is 9.84 Å². The third kappa shape index (κ3) is 2.62. The molecule has 1 N–H and O–H groups in total. The zero-order valence-electron chi connectivity index (χ0n) is 10.6. The van der Waals surface area contributed by atoms with Gasteiger partial charge in [0.25, 0.3) is 0 Å². The Hall–Kier alpha value is -0.810. The lowest BCUT2D eigenvalue weighted by Gasteiger charge is -2.08. The molecule has 0 spiro atoms. The van der Waals surface area contributed by atoms with E-state index in [9.17, 15) is 8.42 Å². The first-order valence-corrected chi connectivity index (χ1v) is 8.38. The number of nitrogens with one attached hydrogen (secondary N) is 1. The summed E-state index contributed by atoms with van der Waals surface area (Å²) in [7, 11) is -2.80. The van der Waals surface area contributed by atoms with E-state index in [1.54, 1.807) is 0 Å². The van der Waals surface area contributed by atoms with Crippen LogP contribution in [0, 0.1) is 5.92 Å². The highest BCUT2D eigenvalue weighted by Gasteiger charge is 2.36. The molecule has 0 aromatic carbocycles. The lowest BCUT2D eigenvalue weighted by atomic mass is 10.2. The van der Waals surface area contributed by atoms with E-state index < -0.39 is 9.84 Å². The lowest BCUT2D eigenvalue weighted by Crippen LogP contribution is -2.29. The first kappa shape index (κ1) is 12.2. The van der Waals surface area contributed by atoms with Crippen LogP contribution in [0.25, 0.3) is 0 Å². The van der Waals surface area contributed by atoms with Crippen molar-refractivity contribution in [1.82, 2.24) is 5.32 Å². The molecule has 0 radical (unpaired) electrons. The molecule has 3 rings (SSSR count). The van der Waals surface area contributed by atoms with Gasteiger partial charge in [-0.1, -0.05) is 6.92 Å². The summed E-state index contributed by atoms with van der Waals surface area (Å²) >= 11 is 0. The van der Waals surface area contributed by atoms with Crippen molar-refractivity contribution < 1.29 is 12.8 Å².